The van der Waals surface area contributed by atoms with Gasteiger partial charge in [0.2, 0.25) is 0 Å². The van der Waals surface area contributed by atoms with Crippen LogP contribution in [0.2, 0.25) is 0 Å². The van der Waals surface area contributed by atoms with Crippen molar-refractivity contribution in [3.05, 3.63) is 65.2 Å². The van der Waals surface area contributed by atoms with Crippen molar-refractivity contribution in [2.45, 2.75) is 17.9 Å². The van der Waals surface area contributed by atoms with Crippen LogP contribution in [-0.2, 0) is 0 Å². The molecule has 0 aliphatic carbocycles. The zero-order chi connectivity index (χ0) is 14.5. The number of rotatable bonds is 5. The van der Waals surface area contributed by atoms with Crippen LogP contribution in [0, 0.1) is 18.6 Å². The van der Waals surface area contributed by atoms with Gasteiger partial charge in [-0.1, -0.05) is 17.7 Å². The number of aryl methyl sites for hydroxylation is 1. The van der Waals surface area contributed by atoms with Gasteiger partial charge < -0.3 is 5.32 Å². The number of hydrogen-bond acceptors (Lipinski definition) is 2. The van der Waals surface area contributed by atoms with E-state index in [1.165, 1.54) is 17.7 Å². The highest BCUT2D eigenvalue weighted by Gasteiger charge is 2.15. The Morgan fingerprint density at radius 3 is 2.45 bits per heavy atom. The lowest BCUT2D eigenvalue weighted by Gasteiger charge is -2.17. The highest BCUT2D eigenvalue weighted by molar-refractivity contribution is 7.99. The van der Waals surface area contributed by atoms with Crippen LogP contribution in [0.3, 0.4) is 0 Å². The van der Waals surface area contributed by atoms with Gasteiger partial charge in [0.25, 0.3) is 0 Å². The van der Waals surface area contributed by atoms with E-state index in [4.69, 9.17) is 0 Å². The summed E-state index contributed by atoms with van der Waals surface area (Å²) in [4.78, 5) is 1.12. The Bertz CT molecular complexity index is 569. The summed E-state index contributed by atoms with van der Waals surface area (Å²) in [6, 6.07) is 11.5. The molecule has 0 amide bonds. The van der Waals surface area contributed by atoms with Crippen LogP contribution in [0.4, 0.5) is 8.78 Å². The van der Waals surface area contributed by atoms with E-state index in [-0.39, 0.29) is 11.9 Å². The fraction of sp³-hybridized carbons (Fsp3) is 0.250. The molecule has 1 N–H and O–H groups in total. The molecule has 106 valence electrons. The molecule has 2 rings (SSSR count). The van der Waals surface area contributed by atoms with Crippen LogP contribution < -0.4 is 5.32 Å². The summed E-state index contributed by atoms with van der Waals surface area (Å²) in [5.41, 5.74) is 1.57. The summed E-state index contributed by atoms with van der Waals surface area (Å²) in [6.07, 6.45) is 0. The molecule has 0 saturated heterocycles. The fourth-order valence-corrected chi connectivity index (χ4v) is 2.96. The smallest absolute Gasteiger partial charge is 0.128 e. The van der Waals surface area contributed by atoms with Crippen molar-refractivity contribution in [3.8, 4) is 0 Å². The molecular formula is C16H17F2NS. The molecule has 1 atom stereocenters. The second-order valence-corrected chi connectivity index (χ2v) is 5.72. The van der Waals surface area contributed by atoms with Crippen molar-refractivity contribution in [1.29, 1.82) is 0 Å². The van der Waals surface area contributed by atoms with E-state index in [0.29, 0.717) is 11.3 Å². The summed E-state index contributed by atoms with van der Waals surface area (Å²) >= 11 is 1.62. The second-order valence-electron chi connectivity index (χ2n) is 4.63. The predicted molar refractivity (Wildman–Crippen MR) is 80.1 cm³/mol. The van der Waals surface area contributed by atoms with E-state index in [0.717, 1.165) is 11.0 Å². The lowest BCUT2D eigenvalue weighted by Crippen LogP contribution is -2.20. The van der Waals surface area contributed by atoms with E-state index in [9.17, 15) is 8.78 Å². The maximum atomic E-state index is 13.8. The molecule has 0 fully saturated rings. The van der Waals surface area contributed by atoms with Crippen molar-refractivity contribution < 1.29 is 8.78 Å². The van der Waals surface area contributed by atoms with Gasteiger partial charge in [-0.25, -0.2) is 8.78 Å². The number of halogens is 2. The third-order valence-corrected chi connectivity index (χ3v) is 4.23. The molecule has 0 heterocycles. The zero-order valence-corrected chi connectivity index (χ0v) is 12.3. The maximum Gasteiger partial charge on any atom is 0.128 e. The Balaban J connectivity index is 2.09. The average molecular weight is 293 g/mol. The van der Waals surface area contributed by atoms with E-state index >= 15 is 0 Å². The van der Waals surface area contributed by atoms with Crippen molar-refractivity contribution in [1.82, 2.24) is 5.32 Å². The van der Waals surface area contributed by atoms with Gasteiger partial charge in [0, 0.05) is 22.3 Å². The van der Waals surface area contributed by atoms with Crippen molar-refractivity contribution >= 4 is 11.8 Å². The monoisotopic (exact) mass is 293 g/mol. The molecule has 0 saturated carbocycles. The van der Waals surface area contributed by atoms with Gasteiger partial charge in [0.05, 0.1) is 0 Å². The molecule has 0 spiro atoms. The van der Waals surface area contributed by atoms with Crippen LogP contribution in [0.15, 0.2) is 47.4 Å². The maximum absolute atomic E-state index is 13.8. The van der Waals surface area contributed by atoms with Crippen molar-refractivity contribution in [2.75, 3.05) is 12.8 Å². The molecule has 2 aromatic carbocycles. The highest BCUT2D eigenvalue weighted by atomic mass is 32.2. The Kier molecular flexibility index (Phi) is 5.15. The summed E-state index contributed by atoms with van der Waals surface area (Å²) < 4.78 is 27.0. The van der Waals surface area contributed by atoms with Crippen LogP contribution in [0.5, 0.6) is 0 Å². The molecule has 1 nitrogen and oxygen atoms in total. The lowest BCUT2D eigenvalue weighted by atomic mass is 10.1. The topological polar surface area (TPSA) is 12.0 Å². The first-order valence-electron chi connectivity index (χ1n) is 6.42. The standard InChI is InChI=1S/C16H17F2NS/c1-11-3-6-13(7-4-11)20-10-16(19-2)14-9-12(17)5-8-15(14)18/h3-9,16,19H,10H2,1-2H3. The SMILES string of the molecule is CNC(CSc1ccc(C)cc1)c1cc(F)ccc1F. The average Bonchev–Trinajstić information content (AvgIpc) is 2.45. The van der Waals surface area contributed by atoms with Gasteiger partial charge >= 0.3 is 0 Å². The van der Waals surface area contributed by atoms with Gasteiger partial charge in [-0.3, -0.25) is 0 Å². The normalized spacial score (nSPS) is 12.4. The first-order chi connectivity index (χ1) is 9.60. The third-order valence-electron chi connectivity index (χ3n) is 3.12. The molecule has 1 unspecified atom stereocenters. The fourth-order valence-electron chi connectivity index (χ4n) is 1.92. The Labute approximate surface area is 122 Å². The van der Waals surface area contributed by atoms with Crippen molar-refractivity contribution in [2.24, 2.45) is 0 Å². The van der Waals surface area contributed by atoms with Crippen LogP contribution in [-0.4, -0.2) is 12.8 Å². The molecule has 4 heteroatoms. The predicted octanol–water partition coefficient (Wildman–Crippen LogP) is 4.33. The minimum Gasteiger partial charge on any atom is -0.312 e. The first-order valence-corrected chi connectivity index (χ1v) is 7.40. The van der Waals surface area contributed by atoms with Gasteiger partial charge in [-0.2, -0.15) is 0 Å². The Hall–Kier alpha value is -1.39. The summed E-state index contributed by atoms with van der Waals surface area (Å²) in [5, 5.41) is 3.04. The minimum absolute atomic E-state index is 0.225. The Morgan fingerprint density at radius 1 is 1.10 bits per heavy atom. The quantitative estimate of drug-likeness (QED) is 0.824. The van der Waals surface area contributed by atoms with Crippen molar-refractivity contribution in [3.63, 3.8) is 0 Å². The molecule has 0 bridgehead atoms. The lowest BCUT2D eigenvalue weighted by molar-refractivity contribution is 0.549. The number of thioether (sulfide) groups is 1. The van der Waals surface area contributed by atoms with E-state index in [1.807, 2.05) is 31.2 Å². The number of hydrogen-bond donors (Lipinski definition) is 1. The van der Waals surface area contributed by atoms with Gasteiger partial charge in [-0.15, -0.1) is 11.8 Å². The molecular weight excluding hydrogens is 276 g/mol. The Morgan fingerprint density at radius 2 is 1.80 bits per heavy atom. The van der Waals surface area contributed by atoms with Crippen LogP contribution in [0.25, 0.3) is 0 Å². The second kappa shape index (κ2) is 6.86. The van der Waals surface area contributed by atoms with Gasteiger partial charge in [0.15, 0.2) is 0 Å². The van der Waals surface area contributed by atoms with Gasteiger partial charge in [-0.05, 0) is 44.3 Å². The van der Waals surface area contributed by atoms with E-state index in [2.05, 4.69) is 5.32 Å². The minimum atomic E-state index is -0.415. The third kappa shape index (κ3) is 3.81. The summed E-state index contributed by atoms with van der Waals surface area (Å²) in [5.74, 6) is -0.155. The zero-order valence-electron chi connectivity index (χ0n) is 11.5. The summed E-state index contributed by atoms with van der Waals surface area (Å²) in [6.45, 7) is 2.03. The van der Waals surface area contributed by atoms with Crippen LogP contribution >= 0.6 is 11.8 Å². The summed E-state index contributed by atoms with van der Waals surface area (Å²) in [7, 11) is 1.75. The molecule has 0 radical (unpaired) electrons. The molecule has 20 heavy (non-hydrogen) atoms. The van der Waals surface area contributed by atoms with Crippen LogP contribution in [0.1, 0.15) is 17.2 Å². The molecule has 0 aliphatic heterocycles. The first kappa shape index (κ1) is 15.0. The van der Waals surface area contributed by atoms with Gasteiger partial charge in [0.1, 0.15) is 11.6 Å². The molecule has 0 aliphatic rings. The number of benzene rings is 2. The molecule has 2 aromatic rings. The van der Waals surface area contributed by atoms with E-state index in [1.54, 1.807) is 18.8 Å². The highest BCUT2D eigenvalue weighted by Crippen LogP contribution is 2.26. The largest absolute Gasteiger partial charge is 0.312 e. The number of nitrogens with one attached hydrogen (secondary N) is 1. The van der Waals surface area contributed by atoms with E-state index < -0.39 is 5.82 Å². The molecule has 0 aromatic heterocycles.